The normalized spacial score (nSPS) is 11.0. The maximum atomic E-state index is 5.99. The van der Waals surface area contributed by atoms with Crippen molar-refractivity contribution >= 4 is 33.6 Å². The second-order valence-electron chi connectivity index (χ2n) is 4.14. The average molecular weight is 278 g/mol. The van der Waals surface area contributed by atoms with Crippen molar-refractivity contribution < 1.29 is 0 Å². The molecule has 0 amide bonds. The van der Waals surface area contributed by atoms with Crippen LogP contribution in [0.3, 0.4) is 0 Å². The minimum atomic E-state index is 0.704. The lowest BCUT2D eigenvalue weighted by molar-refractivity contribution is 1.07. The largest absolute Gasteiger partial charge is 0.379 e. The Balaban J connectivity index is 1.77. The van der Waals surface area contributed by atoms with Gasteiger partial charge in [0.2, 0.25) is 0 Å². The monoisotopic (exact) mass is 277 g/mol. The molecule has 2 aromatic heterocycles. The highest BCUT2D eigenvalue weighted by molar-refractivity contribution is 7.15. The van der Waals surface area contributed by atoms with E-state index in [0.717, 1.165) is 21.4 Å². The third-order valence-corrected chi connectivity index (χ3v) is 3.81. The van der Waals surface area contributed by atoms with Crippen molar-refractivity contribution in [3.63, 3.8) is 0 Å². The summed E-state index contributed by atoms with van der Waals surface area (Å²) in [5.41, 5.74) is 3.26. The van der Waals surface area contributed by atoms with Crippen LogP contribution >= 0.6 is 22.9 Å². The summed E-state index contributed by atoms with van der Waals surface area (Å²) in [6, 6.07) is 5.85. The van der Waals surface area contributed by atoms with Gasteiger partial charge in [-0.25, -0.2) is 4.98 Å². The zero-order valence-corrected chi connectivity index (χ0v) is 11.4. The highest BCUT2D eigenvalue weighted by Gasteiger charge is 2.03. The summed E-state index contributed by atoms with van der Waals surface area (Å²) in [4.78, 5) is 5.55. The molecule has 5 heteroatoms. The molecule has 92 valence electrons. The van der Waals surface area contributed by atoms with Crippen LogP contribution in [-0.4, -0.2) is 9.38 Å². The lowest BCUT2D eigenvalue weighted by Gasteiger charge is -2.08. The summed E-state index contributed by atoms with van der Waals surface area (Å²) in [7, 11) is 0. The fraction of sp³-hybridized carbons (Fsp3) is 0.154. The number of fused-ring (bicyclic) bond motifs is 1. The van der Waals surface area contributed by atoms with E-state index in [1.165, 1.54) is 5.56 Å². The molecule has 1 N–H and O–H groups in total. The Bertz CT molecular complexity index is 658. The van der Waals surface area contributed by atoms with Gasteiger partial charge in [0.25, 0.3) is 0 Å². The van der Waals surface area contributed by atoms with Crippen molar-refractivity contribution in [2.75, 3.05) is 5.32 Å². The van der Waals surface area contributed by atoms with Gasteiger partial charge in [0.05, 0.1) is 12.2 Å². The van der Waals surface area contributed by atoms with Gasteiger partial charge in [-0.3, -0.25) is 4.40 Å². The van der Waals surface area contributed by atoms with E-state index in [4.69, 9.17) is 11.6 Å². The Morgan fingerprint density at radius 2 is 2.33 bits per heavy atom. The van der Waals surface area contributed by atoms with Gasteiger partial charge in [-0.15, -0.1) is 11.3 Å². The summed E-state index contributed by atoms with van der Waals surface area (Å²) < 4.78 is 2.03. The van der Waals surface area contributed by atoms with E-state index in [1.54, 1.807) is 11.3 Å². The van der Waals surface area contributed by atoms with Gasteiger partial charge in [-0.05, 0) is 24.6 Å². The number of anilines is 1. The number of halogens is 1. The van der Waals surface area contributed by atoms with Crippen molar-refractivity contribution in [1.29, 1.82) is 0 Å². The van der Waals surface area contributed by atoms with Crippen LogP contribution in [0.15, 0.2) is 36.0 Å². The van der Waals surface area contributed by atoms with E-state index >= 15 is 0 Å². The number of hydrogen-bond acceptors (Lipinski definition) is 3. The van der Waals surface area contributed by atoms with E-state index in [9.17, 15) is 0 Å². The Labute approximate surface area is 114 Å². The molecule has 0 aliphatic heterocycles. The third kappa shape index (κ3) is 2.21. The molecule has 3 rings (SSSR count). The molecular weight excluding hydrogens is 266 g/mol. The Hall–Kier alpha value is -1.52. The molecule has 0 radical (unpaired) electrons. The first-order chi connectivity index (χ1) is 8.72. The molecule has 0 saturated heterocycles. The van der Waals surface area contributed by atoms with E-state index in [2.05, 4.69) is 17.2 Å². The molecule has 3 nitrogen and oxygen atoms in total. The van der Waals surface area contributed by atoms with Crippen LogP contribution in [0.2, 0.25) is 5.02 Å². The van der Waals surface area contributed by atoms with Gasteiger partial charge in [-0.1, -0.05) is 17.7 Å². The minimum Gasteiger partial charge on any atom is -0.379 e. The average Bonchev–Trinajstić information content (AvgIpc) is 2.90. The summed E-state index contributed by atoms with van der Waals surface area (Å²) >= 11 is 7.63. The lowest BCUT2D eigenvalue weighted by atomic mass is 10.2. The van der Waals surface area contributed by atoms with Crippen molar-refractivity contribution in [2.45, 2.75) is 13.5 Å². The molecule has 0 atom stereocenters. The SMILES string of the molecule is Cc1ccc(Cl)cc1NCc1cn2ccsc2n1. The fourth-order valence-electron chi connectivity index (χ4n) is 1.83. The first-order valence-electron chi connectivity index (χ1n) is 5.63. The van der Waals surface area contributed by atoms with Crippen LogP contribution in [0.25, 0.3) is 4.96 Å². The number of nitrogens with zero attached hydrogens (tertiary/aromatic N) is 2. The lowest BCUT2D eigenvalue weighted by Crippen LogP contribution is -2.01. The van der Waals surface area contributed by atoms with Gasteiger partial charge < -0.3 is 5.32 Å². The number of benzene rings is 1. The van der Waals surface area contributed by atoms with E-state index in [-0.39, 0.29) is 0 Å². The standard InChI is InChI=1S/C13H12ClN3S/c1-9-2-3-10(14)6-12(9)15-7-11-8-17-4-5-18-13(17)16-11/h2-6,8,15H,7H2,1H3. The van der Waals surface area contributed by atoms with Crippen molar-refractivity contribution in [2.24, 2.45) is 0 Å². The molecule has 0 spiro atoms. The van der Waals surface area contributed by atoms with Gasteiger partial charge in [0.15, 0.2) is 4.96 Å². The second kappa shape index (κ2) is 4.63. The van der Waals surface area contributed by atoms with Crippen LogP contribution in [0.5, 0.6) is 0 Å². The Morgan fingerprint density at radius 1 is 1.44 bits per heavy atom. The van der Waals surface area contributed by atoms with Gasteiger partial charge in [-0.2, -0.15) is 0 Å². The zero-order valence-electron chi connectivity index (χ0n) is 9.85. The summed E-state index contributed by atoms with van der Waals surface area (Å²) in [5.74, 6) is 0. The zero-order chi connectivity index (χ0) is 12.5. The van der Waals surface area contributed by atoms with Crippen LogP contribution in [0.1, 0.15) is 11.3 Å². The number of rotatable bonds is 3. The number of imidazole rings is 1. The smallest absolute Gasteiger partial charge is 0.193 e. The molecule has 2 heterocycles. The first kappa shape index (κ1) is 11.6. The molecule has 0 fully saturated rings. The molecule has 18 heavy (non-hydrogen) atoms. The molecule has 1 aromatic carbocycles. The number of aryl methyl sites for hydroxylation is 1. The topological polar surface area (TPSA) is 29.3 Å². The van der Waals surface area contributed by atoms with Crippen molar-refractivity contribution in [3.05, 3.63) is 52.3 Å². The van der Waals surface area contributed by atoms with Gasteiger partial charge in [0.1, 0.15) is 0 Å². The summed E-state index contributed by atoms with van der Waals surface area (Å²) in [5, 5.41) is 6.14. The van der Waals surface area contributed by atoms with Crippen LogP contribution in [0, 0.1) is 6.92 Å². The molecular formula is C13H12ClN3S. The van der Waals surface area contributed by atoms with Crippen molar-refractivity contribution in [1.82, 2.24) is 9.38 Å². The molecule has 0 aliphatic carbocycles. The highest BCUT2D eigenvalue weighted by Crippen LogP contribution is 2.21. The Morgan fingerprint density at radius 3 is 3.17 bits per heavy atom. The third-order valence-electron chi connectivity index (χ3n) is 2.80. The molecule has 0 aliphatic rings. The van der Waals surface area contributed by atoms with Crippen LogP contribution in [0.4, 0.5) is 5.69 Å². The molecule has 0 unspecified atom stereocenters. The number of hydrogen-bond donors (Lipinski definition) is 1. The second-order valence-corrected chi connectivity index (χ2v) is 5.45. The quantitative estimate of drug-likeness (QED) is 0.785. The summed E-state index contributed by atoms with van der Waals surface area (Å²) in [6.07, 6.45) is 4.06. The molecule has 3 aromatic rings. The predicted molar refractivity (Wildman–Crippen MR) is 76.6 cm³/mol. The van der Waals surface area contributed by atoms with Crippen LogP contribution in [-0.2, 0) is 6.54 Å². The van der Waals surface area contributed by atoms with Gasteiger partial charge in [0, 0.05) is 28.5 Å². The van der Waals surface area contributed by atoms with E-state index in [0.29, 0.717) is 6.54 Å². The number of thiazole rings is 1. The first-order valence-corrected chi connectivity index (χ1v) is 6.89. The number of nitrogens with one attached hydrogen (secondary N) is 1. The molecule has 0 saturated carbocycles. The predicted octanol–water partition coefficient (Wildman–Crippen LogP) is 3.97. The maximum absolute atomic E-state index is 5.99. The van der Waals surface area contributed by atoms with Crippen LogP contribution < -0.4 is 5.32 Å². The fourth-order valence-corrected chi connectivity index (χ4v) is 2.72. The highest BCUT2D eigenvalue weighted by atomic mass is 35.5. The summed E-state index contributed by atoms with van der Waals surface area (Å²) in [6.45, 7) is 2.76. The number of aromatic nitrogens is 2. The molecule has 0 bridgehead atoms. The Kier molecular flexibility index (Phi) is 2.97. The van der Waals surface area contributed by atoms with E-state index < -0.39 is 0 Å². The van der Waals surface area contributed by atoms with Gasteiger partial charge >= 0.3 is 0 Å². The van der Waals surface area contributed by atoms with Crippen molar-refractivity contribution in [3.8, 4) is 0 Å². The minimum absolute atomic E-state index is 0.704. The maximum Gasteiger partial charge on any atom is 0.193 e. The van der Waals surface area contributed by atoms with E-state index in [1.807, 2.05) is 40.4 Å².